The second-order valence-corrected chi connectivity index (χ2v) is 4.76. The molecule has 2 heterocycles. The summed E-state index contributed by atoms with van der Waals surface area (Å²) in [5.41, 5.74) is 3.57. The van der Waals surface area contributed by atoms with E-state index in [4.69, 9.17) is 0 Å². The Labute approximate surface area is 115 Å². The van der Waals surface area contributed by atoms with Gasteiger partial charge in [0.2, 0.25) is 0 Å². The third kappa shape index (κ3) is 1.95. The predicted octanol–water partition coefficient (Wildman–Crippen LogP) is 1.82. The van der Waals surface area contributed by atoms with Crippen LogP contribution < -0.4 is 0 Å². The summed E-state index contributed by atoms with van der Waals surface area (Å²) < 4.78 is 3.60. The molecule has 0 saturated carbocycles. The molecule has 0 bridgehead atoms. The van der Waals surface area contributed by atoms with E-state index in [1.165, 1.54) is 0 Å². The third-order valence-corrected chi connectivity index (χ3v) is 3.32. The van der Waals surface area contributed by atoms with Gasteiger partial charge in [-0.25, -0.2) is 9.78 Å². The lowest BCUT2D eigenvalue weighted by molar-refractivity contribution is 0.0698. The lowest BCUT2D eigenvalue weighted by atomic mass is 10.1. The molecule has 0 atom stereocenters. The molecule has 0 spiro atoms. The normalized spacial score (nSPS) is 11.1. The highest BCUT2D eigenvalue weighted by Gasteiger charge is 2.14. The minimum Gasteiger partial charge on any atom is -0.478 e. The summed E-state index contributed by atoms with van der Waals surface area (Å²) in [4.78, 5) is 15.6. The summed E-state index contributed by atoms with van der Waals surface area (Å²) in [6, 6.07) is 5.12. The van der Waals surface area contributed by atoms with Crippen LogP contribution in [-0.2, 0) is 13.6 Å². The highest BCUT2D eigenvalue weighted by atomic mass is 16.4. The molecule has 3 rings (SSSR count). The third-order valence-electron chi connectivity index (χ3n) is 3.32. The fourth-order valence-corrected chi connectivity index (χ4v) is 2.41. The molecule has 0 radical (unpaired) electrons. The number of para-hydroxylation sites is 1. The molecule has 102 valence electrons. The standard InChI is InChI=1S/C14H14N4O2/c1-9-10(6-17(2)16-9)7-18-8-15-12-5-3-4-11(13(12)18)14(19)20/h3-6,8H,7H2,1-2H3,(H,19,20). The Kier molecular flexibility index (Phi) is 2.78. The first-order chi connectivity index (χ1) is 9.56. The van der Waals surface area contributed by atoms with E-state index in [-0.39, 0.29) is 5.56 Å². The molecule has 0 fully saturated rings. The van der Waals surface area contributed by atoms with E-state index in [1.54, 1.807) is 23.1 Å². The number of carboxylic acids is 1. The Hall–Kier alpha value is -2.63. The number of imidazole rings is 1. The van der Waals surface area contributed by atoms with Crippen molar-refractivity contribution >= 4 is 17.0 Å². The van der Waals surface area contributed by atoms with E-state index in [2.05, 4.69) is 10.1 Å². The minimum absolute atomic E-state index is 0.265. The second-order valence-electron chi connectivity index (χ2n) is 4.76. The number of nitrogens with zero attached hydrogens (tertiary/aromatic N) is 4. The van der Waals surface area contributed by atoms with Gasteiger partial charge in [-0.1, -0.05) is 6.07 Å². The Morgan fingerprint density at radius 3 is 2.85 bits per heavy atom. The van der Waals surface area contributed by atoms with Gasteiger partial charge in [-0.15, -0.1) is 0 Å². The molecule has 20 heavy (non-hydrogen) atoms. The van der Waals surface area contributed by atoms with Gasteiger partial charge in [0.25, 0.3) is 0 Å². The quantitative estimate of drug-likeness (QED) is 0.788. The SMILES string of the molecule is Cc1nn(C)cc1Cn1cnc2cccc(C(=O)O)c21. The van der Waals surface area contributed by atoms with Crippen LogP contribution in [0.1, 0.15) is 21.6 Å². The molecule has 2 aromatic heterocycles. The number of aryl methyl sites for hydroxylation is 2. The molecule has 6 heteroatoms. The van der Waals surface area contributed by atoms with Crippen molar-refractivity contribution in [3.8, 4) is 0 Å². The molecule has 0 aliphatic rings. The largest absolute Gasteiger partial charge is 0.478 e. The van der Waals surface area contributed by atoms with Crippen molar-refractivity contribution in [2.24, 2.45) is 7.05 Å². The van der Waals surface area contributed by atoms with Crippen molar-refractivity contribution < 1.29 is 9.90 Å². The van der Waals surface area contributed by atoms with E-state index in [0.717, 1.165) is 11.3 Å². The zero-order valence-electron chi connectivity index (χ0n) is 11.2. The van der Waals surface area contributed by atoms with Gasteiger partial charge >= 0.3 is 5.97 Å². The monoisotopic (exact) mass is 270 g/mol. The van der Waals surface area contributed by atoms with Crippen LogP contribution in [0, 0.1) is 6.92 Å². The summed E-state index contributed by atoms with van der Waals surface area (Å²) in [6.07, 6.45) is 3.61. The van der Waals surface area contributed by atoms with E-state index in [0.29, 0.717) is 17.6 Å². The van der Waals surface area contributed by atoms with Gasteiger partial charge in [0.15, 0.2) is 0 Å². The maximum absolute atomic E-state index is 11.3. The number of carboxylic acid groups (broad SMARTS) is 1. The first kappa shape index (κ1) is 12.4. The summed E-state index contributed by atoms with van der Waals surface area (Å²) in [5.74, 6) is -0.944. The van der Waals surface area contributed by atoms with Crippen molar-refractivity contribution in [2.45, 2.75) is 13.5 Å². The number of hydrogen-bond donors (Lipinski definition) is 1. The summed E-state index contributed by atoms with van der Waals surface area (Å²) in [7, 11) is 1.87. The Morgan fingerprint density at radius 1 is 1.40 bits per heavy atom. The lowest BCUT2D eigenvalue weighted by Crippen LogP contribution is -2.04. The van der Waals surface area contributed by atoms with Gasteiger partial charge in [0.1, 0.15) is 0 Å². The number of benzene rings is 1. The zero-order chi connectivity index (χ0) is 14.3. The van der Waals surface area contributed by atoms with E-state index in [9.17, 15) is 9.90 Å². The molecule has 1 N–H and O–H groups in total. The zero-order valence-corrected chi connectivity index (χ0v) is 11.2. The van der Waals surface area contributed by atoms with Crippen molar-refractivity contribution in [3.63, 3.8) is 0 Å². The number of rotatable bonds is 3. The van der Waals surface area contributed by atoms with Crippen molar-refractivity contribution in [2.75, 3.05) is 0 Å². The van der Waals surface area contributed by atoms with Crippen LogP contribution in [0.3, 0.4) is 0 Å². The molecule has 1 aromatic carbocycles. The highest BCUT2D eigenvalue weighted by Crippen LogP contribution is 2.20. The number of hydrogen-bond acceptors (Lipinski definition) is 3. The van der Waals surface area contributed by atoms with E-state index < -0.39 is 5.97 Å². The topological polar surface area (TPSA) is 72.9 Å². The van der Waals surface area contributed by atoms with E-state index in [1.807, 2.05) is 30.8 Å². The lowest BCUT2D eigenvalue weighted by Gasteiger charge is -2.05. The van der Waals surface area contributed by atoms with Crippen LogP contribution in [0.4, 0.5) is 0 Å². The average molecular weight is 270 g/mol. The maximum atomic E-state index is 11.3. The number of fused-ring (bicyclic) bond motifs is 1. The van der Waals surface area contributed by atoms with Gasteiger partial charge in [-0.3, -0.25) is 4.68 Å². The maximum Gasteiger partial charge on any atom is 0.337 e. The fourth-order valence-electron chi connectivity index (χ4n) is 2.41. The van der Waals surface area contributed by atoms with Crippen LogP contribution >= 0.6 is 0 Å². The smallest absolute Gasteiger partial charge is 0.337 e. The van der Waals surface area contributed by atoms with Gasteiger partial charge in [0, 0.05) is 18.8 Å². The Bertz CT molecular complexity index is 801. The highest BCUT2D eigenvalue weighted by molar-refractivity contribution is 6.01. The summed E-state index contributed by atoms with van der Waals surface area (Å²) >= 11 is 0. The molecular weight excluding hydrogens is 256 g/mol. The molecule has 0 aliphatic heterocycles. The summed E-state index contributed by atoms with van der Waals surface area (Å²) in [5, 5.41) is 13.6. The Morgan fingerprint density at radius 2 is 2.20 bits per heavy atom. The van der Waals surface area contributed by atoms with Crippen molar-refractivity contribution in [1.29, 1.82) is 0 Å². The Balaban J connectivity index is 2.12. The van der Waals surface area contributed by atoms with Gasteiger partial charge in [-0.05, 0) is 19.1 Å². The fraction of sp³-hybridized carbons (Fsp3) is 0.214. The van der Waals surface area contributed by atoms with E-state index >= 15 is 0 Å². The molecular formula is C14H14N4O2. The molecule has 3 aromatic rings. The second kappa shape index (κ2) is 4.48. The minimum atomic E-state index is -0.944. The van der Waals surface area contributed by atoms with Crippen LogP contribution in [0.2, 0.25) is 0 Å². The number of carbonyl (C=O) groups is 1. The molecule has 0 saturated heterocycles. The van der Waals surface area contributed by atoms with Gasteiger partial charge < -0.3 is 9.67 Å². The molecule has 6 nitrogen and oxygen atoms in total. The van der Waals surface area contributed by atoms with Crippen LogP contribution in [-0.4, -0.2) is 30.4 Å². The molecule has 0 amide bonds. The van der Waals surface area contributed by atoms with Gasteiger partial charge in [-0.2, -0.15) is 5.10 Å². The predicted molar refractivity (Wildman–Crippen MR) is 73.7 cm³/mol. The van der Waals surface area contributed by atoms with Crippen LogP contribution in [0.5, 0.6) is 0 Å². The van der Waals surface area contributed by atoms with Crippen molar-refractivity contribution in [3.05, 3.63) is 47.5 Å². The number of aromatic carboxylic acids is 1. The molecule has 0 unspecified atom stereocenters. The van der Waals surface area contributed by atoms with Crippen molar-refractivity contribution in [1.82, 2.24) is 19.3 Å². The van der Waals surface area contributed by atoms with Crippen LogP contribution in [0.15, 0.2) is 30.7 Å². The summed E-state index contributed by atoms with van der Waals surface area (Å²) in [6.45, 7) is 2.49. The van der Waals surface area contributed by atoms with Gasteiger partial charge in [0.05, 0.1) is 35.2 Å². The first-order valence-corrected chi connectivity index (χ1v) is 6.22. The average Bonchev–Trinajstić information content (AvgIpc) is 2.94. The number of aromatic nitrogens is 4. The molecule has 0 aliphatic carbocycles. The first-order valence-electron chi connectivity index (χ1n) is 6.22. The van der Waals surface area contributed by atoms with Crippen LogP contribution in [0.25, 0.3) is 11.0 Å².